The molecule has 0 atom stereocenters. The molecule has 0 bridgehead atoms. The summed E-state index contributed by atoms with van der Waals surface area (Å²) in [5, 5.41) is 2.79. The van der Waals surface area contributed by atoms with Crippen LogP contribution >= 0.6 is 27.5 Å². The van der Waals surface area contributed by atoms with Gasteiger partial charge in [-0.05, 0) is 34.1 Å². The second-order valence-corrected chi connectivity index (χ2v) is 4.04. The van der Waals surface area contributed by atoms with E-state index in [1.165, 1.54) is 6.07 Å². The Kier molecular flexibility index (Phi) is 4.11. The van der Waals surface area contributed by atoms with Crippen molar-refractivity contribution in [3.05, 3.63) is 33.3 Å². The van der Waals surface area contributed by atoms with E-state index in [0.29, 0.717) is 15.1 Å². The number of hydrogen-bond donors (Lipinski definition) is 2. The molecular formula is C9H8BrClN2O2. The van der Waals surface area contributed by atoms with Gasteiger partial charge >= 0.3 is 0 Å². The number of amides is 2. The molecule has 15 heavy (non-hydrogen) atoms. The van der Waals surface area contributed by atoms with Gasteiger partial charge in [-0.15, -0.1) is 0 Å². The lowest BCUT2D eigenvalue weighted by atomic mass is 10.2. The Morgan fingerprint density at radius 2 is 2.13 bits per heavy atom. The molecule has 1 aromatic rings. The molecule has 3 N–H and O–H groups in total. The average molecular weight is 292 g/mol. The number of carbonyl (C=O) groups excluding carboxylic acids is 2. The van der Waals surface area contributed by atoms with Gasteiger partial charge in [-0.2, -0.15) is 0 Å². The lowest BCUT2D eigenvalue weighted by Crippen LogP contribution is -2.33. The molecule has 0 spiro atoms. The van der Waals surface area contributed by atoms with Crippen molar-refractivity contribution in [3.8, 4) is 0 Å². The molecule has 0 aliphatic heterocycles. The molecule has 0 saturated carbocycles. The minimum Gasteiger partial charge on any atom is -0.368 e. The molecule has 0 fully saturated rings. The highest BCUT2D eigenvalue weighted by atomic mass is 79.9. The van der Waals surface area contributed by atoms with Gasteiger partial charge in [0.25, 0.3) is 5.91 Å². The number of benzene rings is 1. The first kappa shape index (κ1) is 12.0. The van der Waals surface area contributed by atoms with Crippen LogP contribution in [0.4, 0.5) is 0 Å². The Balaban J connectivity index is 2.74. The maximum atomic E-state index is 11.4. The van der Waals surface area contributed by atoms with Crippen molar-refractivity contribution >= 4 is 39.3 Å². The van der Waals surface area contributed by atoms with Crippen molar-refractivity contribution in [2.45, 2.75) is 0 Å². The predicted molar refractivity (Wildman–Crippen MR) is 60.7 cm³/mol. The molecular weight excluding hydrogens is 283 g/mol. The predicted octanol–water partition coefficient (Wildman–Crippen LogP) is 1.32. The van der Waals surface area contributed by atoms with Crippen LogP contribution in [0.15, 0.2) is 22.7 Å². The first-order valence-electron chi connectivity index (χ1n) is 4.02. The van der Waals surface area contributed by atoms with Gasteiger partial charge in [0.05, 0.1) is 11.6 Å². The molecule has 4 nitrogen and oxygen atoms in total. The standard InChI is InChI=1S/C9H8BrClN2O2/c10-6-2-1-5(3-7(6)11)9(15)13-4-8(12)14/h1-3H,4H2,(H2,12,14)(H,13,15). The zero-order valence-electron chi connectivity index (χ0n) is 7.59. The normalized spacial score (nSPS) is 9.73. The van der Waals surface area contributed by atoms with E-state index in [1.807, 2.05) is 0 Å². The summed E-state index contributed by atoms with van der Waals surface area (Å²) in [4.78, 5) is 21.8. The average Bonchev–Trinajstić information content (AvgIpc) is 2.18. The molecule has 0 radical (unpaired) electrons. The minimum atomic E-state index is -0.591. The van der Waals surface area contributed by atoms with Crippen molar-refractivity contribution in [3.63, 3.8) is 0 Å². The van der Waals surface area contributed by atoms with Crippen molar-refractivity contribution in [2.75, 3.05) is 6.54 Å². The fourth-order valence-electron chi connectivity index (χ4n) is 0.907. The first-order valence-corrected chi connectivity index (χ1v) is 5.19. The Labute approximate surface area is 99.9 Å². The van der Waals surface area contributed by atoms with Gasteiger partial charge in [-0.1, -0.05) is 11.6 Å². The summed E-state index contributed by atoms with van der Waals surface area (Å²) in [6.07, 6.45) is 0. The lowest BCUT2D eigenvalue weighted by molar-refractivity contribution is -0.117. The third kappa shape index (κ3) is 3.53. The first-order chi connectivity index (χ1) is 7.00. The van der Waals surface area contributed by atoms with Gasteiger partial charge in [0.1, 0.15) is 0 Å². The molecule has 0 aliphatic carbocycles. The highest BCUT2D eigenvalue weighted by molar-refractivity contribution is 9.10. The Bertz CT molecular complexity index is 409. The van der Waals surface area contributed by atoms with Crippen LogP contribution in [-0.4, -0.2) is 18.4 Å². The SMILES string of the molecule is NC(=O)CNC(=O)c1ccc(Br)c(Cl)c1. The Morgan fingerprint density at radius 1 is 1.47 bits per heavy atom. The summed E-state index contributed by atoms with van der Waals surface area (Å²) in [6, 6.07) is 4.75. The molecule has 0 aromatic heterocycles. The zero-order chi connectivity index (χ0) is 11.4. The third-order valence-electron chi connectivity index (χ3n) is 1.60. The number of primary amides is 1. The molecule has 80 valence electrons. The third-order valence-corrected chi connectivity index (χ3v) is 2.84. The van der Waals surface area contributed by atoms with Gasteiger partial charge in [0, 0.05) is 10.0 Å². The van der Waals surface area contributed by atoms with Crippen LogP contribution in [0.5, 0.6) is 0 Å². The monoisotopic (exact) mass is 290 g/mol. The molecule has 2 amide bonds. The van der Waals surface area contributed by atoms with E-state index < -0.39 is 5.91 Å². The molecule has 0 aliphatic rings. The largest absolute Gasteiger partial charge is 0.368 e. The van der Waals surface area contributed by atoms with E-state index in [0.717, 1.165) is 0 Å². The molecule has 0 saturated heterocycles. The highest BCUT2D eigenvalue weighted by Crippen LogP contribution is 2.22. The van der Waals surface area contributed by atoms with Gasteiger partial charge in [0.2, 0.25) is 5.91 Å². The molecule has 0 heterocycles. The van der Waals surface area contributed by atoms with Crippen LogP contribution in [0.3, 0.4) is 0 Å². The second kappa shape index (κ2) is 5.14. The molecule has 1 aromatic carbocycles. The summed E-state index contributed by atoms with van der Waals surface area (Å²) >= 11 is 9.01. The maximum Gasteiger partial charge on any atom is 0.251 e. The van der Waals surface area contributed by atoms with Crippen molar-refractivity contribution in [1.82, 2.24) is 5.32 Å². The van der Waals surface area contributed by atoms with Crippen LogP contribution in [0, 0.1) is 0 Å². The van der Waals surface area contributed by atoms with Crippen molar-refractivity contribution in [2.24, 2.45) is 5.73 Å². The smallest absolute Gasteiger partial charge is 0.251 e. The fourth-order valence-corrected chi connectivity index (χ4v) is 1.33. The van der Waals surface area contributed by atoms with E-state index in [2.05, 4.69) is 21.2 Å². The number of nitrogens with two attached hydrogens (primary N) is 1. The fraction of sp³-hybridized carbons (Fsp3) is 0.111. The zero-order valence-corrected chi connectivity index (χ0v) is 9.93. The minimum absolute atomic E-state index is 0.188. The highest BCUT2D eigenvalue weighted by Gasteiger charge is 2.07. The summed E-state index contributed by atoms with van der Waals surface area (Å²) in [5.41, 5.74) is 5.26. The van der Waals surface area contributed by atoms with Gasteiger partial charge in [0.15, 0.2) is 0 Å². The van der Waals surface area contributed by atoms with E-state index in [9.17, 15) is 9.59 Å². The molecule has 1 rings (SSSR count). The van der Waals surface area contributed by atoms with E-state index >= 15 is 0 Å². The summed E-state index contributed by atoms with van der Waals surface area (Å²) in [6.45, 7) is -0.188. The molecule has 0 unspecified atom stereocenters. The summed E-state index contributed by atoms with van der Waals surface area (Å²) < 4.78 is 0.704. The summed E-state index contributed by atoms with van der Waals surface area (Å²) in [7, 11) is 0. The topological polar surface area (TPSA) is 72.2 Å². The van der Waals surface area contributed by atoms with Gasteiger partial charge in [-0.25, -0.2) is 0 Å². The number of nitrogens with one attached hydrogen (secondary N) is 1. The number of rotatable bonds is 3. The van der Waals surface area contributed by atoms with Crippen LogP contribution in [0.1, 0.15) is 10.4 Å². The van der Waals surface area contributed by atoms with E-state index in [4.69, 9.17) is 17.3 Å². The lowest BCUT2D eigenvalue weighted by Gasteiger charge is -2.03. The number of hydrogen-bond acceptors (Lipinski definition) is 2. The quantitative estimate of drug-likeness (QED) is 0.881. The van der Waals surface area contributed by atoms with Crippen LogP contribution in [0.2, 0.25) is 5.02 Å². The van der Waals surface area contributed by atoms with Crippen LogP contribution < -0.4 is 11.1 Å². The van der Waals surface area contributed by atoms with Crippen LogP contribution in [-0.2, 0) is 4.79 Å². The second-order valence-electron chi connectivity index (χ2n) is 2.78. The van der Waals surface area contributed by atoms with Crippen molar-refractivity contribution in [1.29, 1.82) is 0 Å². The van der Waals surface area contributed by atoms with Gasteiger partial charge < -0.3 is 11.1 Å². The summed E-state index contributed by atoms with van der Waals surface area (Å²) in [5.74, 6) is -0.977. The number of halogens is 2. The Morgan fingerprint density at radius 3 is 2.67 bits per heavy atom. The maximum absolute atomic E-state index is 11.4. The number of carbonyl (C=O) groups is 2. The van der Waals surface area contributed by atoms with Crippen molar-refractivity contribution < 1.29 is 9.59 Å². The molecule has 6 heteroatoms. The van der Waals surface area contributed by atoms with E-state index in [-0.39, 0.29) is 12.5 Å². The Hall–Kier alpha value is -1.07. The van der Waals surface area contributed by atoms with Crippen LogP contribution in [0.25, 0.3) is 0 Å². The van der Waals surface area contributed by atoms with Gasteiger partial charge in [-0.3, -0.25) is 9.59 Å². The van der Waals surface area contributed by atoms with E-state index in [1.54, 1.807) is 12.1 Å².